The molecule has 0 amide bonds. The Labute approximate surface area is 105 Å². The van der Waals surface area contributed by atoms with Crippen LogP contribution in [0, 0.1) is 13.8 Å². The SMILES string of the molecule is CCOC(=O)CCc1c(C)nn2cnnc2c1C. The number of aromatic nitrogens is 4. The van der Waals surface area contributed by atoms with E-state index in [0.29, 0.717) is 19.4 Å². The van der Waals surface area contributed by atoms with Crippen LogP contribution in [0.4, 0.5) is 0 Å². The molecule has 0 aliphatic heterocycles. The maximum absolute atomic E-state index is 11.4. The predicted octanol–water partition coefficient (Wildman–Crippen LogP) is 1.24. The van der Waals surface area contributed by atoms with Crippen molar-refractivity contribution in [3.05, 3.63) is 23.1 Å². The molecule has 0 aliphatic rings. The summed E-state index contributed by atoms with van der Waals surface area (Å²) in [6, 6.07) is 0. The minimum Gasteiger partial charge on any atom is -0.466 e. The van der Waals surface area contributed by atoms with Gasteiger partial charge in [-0.2, -0.15) is 5.10 Å². The van der Waals surface area contributed by atoms with E-state index in [1.807, 2.05) is 13.8 Å². The minimum atomic E-state index is -0.183. The van der Waals surface area contributed by atoms with Crippen molar-refractivity contribution in [2.45, 2.75) is 33.6 Å². The van der Waals surface area contributed by atoms with Crippen molar-refractivity contribution in [3.8, 4) is 0 Å². The summed E-state index contributed by atoms with van der Waals surface area (Å²) in [6.07, 6.45) is 2.55. The second kappa shape index (κ2) is 5.12. The van der Waals surface area contributed by atoms with E-state index < -0.39 is 0 Å². The summed E-state index contributed by atoms with van der Waals surface area (Å²) in [6.45, 7) is 6.11. The van der Waals surface area contributed by atoms with Gasteiger partial charge in [-0.15, -0.1) is 10.2 Å². The van der Waals surface area contributed by atoms with Gasteiger partial charge in [0, 0.05) is 12.0 Å². The maximum Gasteiger partial charge on any atom is 0.306 e. The molecule has 2 aromatic heterocycles. The largest absolute Gasteiger partial charge is 0.466 e. The van der Waals surface area contributed by atoms with Gasteiger partial charge in [0.1, 0.15) is 6.33 Å². The second-order valence-electron chi connectivity index (χ2n) is 4.09. The molecule has 6 nitrogen and oxygen atoms in total. The maximum atomic E-state index is 11.4. The first-order valence-electron chi connectivity index (χ1n) is 5.95. The van der Waals surface area contributed by atoms with Crippen LogP contribution >= 0.6 is 0 Å². The molecule has 6 heteroatoms. The van der Waals surface area contributed by atoms with Crippen molar-refractivity contribution in [3.63, 3.8) is 0 Å². The summed E-state index contributed by atoms with van der Waals surface area (Å²) in [5.74, 6) is -0.183. The lowest BCUT2D eigenvalue weighted by atomic mass is 10.0. The van der Waals surface area contributed by atoms with Gasteiger partial charge >= 0.3 is 5.97 Å². The zero-order valence-corrected chi connectivity index (χ0v) is 10.8. The van der Waals surface area contributed by atoms with Gasteiger partial charge in [0.15, 0.2) is 5.65 Å². The Morgan fingerprint density at radius 1 is 1.44 bits per heavy atom. The first-order chi connectivity index (χ1) is 8.63. The van der Waals surface area contributed by atoms with Gasteiger partial charge in [-0.25, -0.2) is 4.52 Å². The molecule has 18 heavy (non-hydrogen) atoms. The van der Waals surface area contributed by atoms with Crippen LogP contribution in [0.2, 0.25) is 0 Å². The molecule has 0 aliphatic carbocycles. The third-order valence-electron chi connectivity index (χ3n) is 2.90. The van der Waals surface area contributed by atoms with Gasteiger partial charge < -0.3 is 4.74 Å². The topological polar surface area (TPSA) is 69.4 Å². The average molecular weight is 248 g/mol. The number of nitrogens with zero attached hydrogens (tertiary/aromatic N) is 4. The summed E-state index contributed by atoms with van der Waals surface area (Å²) in [5.41, 5.74) is 3.69. The number of rotatable bonds is 4. The van der Waals surface area contributed by atoms with Crippen molar-refractivity contribution in [2.24, 2.45) is 0 Å². The molecule has 0 saturated carbocycles. The standard InChI is InChI=1S/C12H16N4O2/c1-4-18-11(17)6-5-10-8(2)12-14-13-7-16(12)15-9(10)3/h7H,4-6H2,1-3H3. The number of aryl methyl sites for hydroxylation is 2. The Kier molecular flexibility index (Phi) is 3.55. The fraction of sp³-hybridized carbons (Fsp3) is 0.500. The van der Waals surface area contributed by atoms with Gasteiger partial charge in [0.25, 0.3) is 0 Å². The van der Waals surface area contributed by atoms with Gasteiger partial charge in [-0.3, -0.25) is 4.79 Å². The zero-order valence-electron chi connectivity index (χ0n) is 10.8. The van der Waals surface area contributed by atoms with E-state index in [4.69, 9.17) is 4.74 Å². The normalized spacial score (nSPS) is 10.8. The molecule has 0 N–H and O–H groups in total. The van der Waals surface area contributed by atoms with Gasteiger partial charge in [0.2, 0.25) is 0 Å². The lowest BCUT2D eigenvalue weighted by Crippen LogP contribution is -2.09. The monoisotopic (exact) mass is 248 g/mol. The van der Waals surface area contributed by atoms with Crippen molar-refractivity contribution in [2.75, 3.05) is 6.61 Å². The number of fused-ring (bicyclic) bond motifs is 1. The van der Waals surface area contributed by atoms with E-state index >= 15 is 0 Å². The van der Waals surface area contributed by atoms with Crippen LogP contribution in [0.1, 0.15) is 30.2 Å². The second-order valence-corrected chi connectivity index (χ2v) is 4.09. The van der Waals surface area contributed by atoms with Gasteiger partial charge in [0.05, 0.1) is 12.3 Å². The van der Waals surface area contributed by atoms with Crippen molar-refractivity contribution in [1.29, 1.82) is 0 Å². The Morgan fingerprint density at radius 2 is 2.22 bits per heavy atom. The van der Waals surface area contributed by atoms with E-state index in [1.165, 1.54) is 0 Å². The Bertz CT molecular complexity index is 577. The number of ether oxygens (including phenoxy) is 1. The molecule has 0 unspecified atom stereocenters. The Morgan fingerprint density at radius 3 is 2.94 bits per heavy atom. The highest BCUT2D eigenvalue weighted by Gasteiger charge is 2.12. The van der Waals surface area contributed by atoms with Gasteiger partial charge in [-0.05, 0) is 32.8 Å². The molecule has 2 aromatic rings. The van der Waals surface area contributed by atoms with Crippen molar-refractivity contribution in [1.82, 2.24) is 19.8 Å². The molecule has 0 aromatic carbocycles. The first-order valence-corrected chi connectivity index (χ1v) is 5.95. The summed E-state index contributed by atoms with van der Waals surface area (Å²) >= 11 is 0. The Hall–Kier alpha value is -1.98. The molecule has 2 rings (SSSR count). The van der Waals surface area contributed by atoms with E-state index in [0.717, 1.165) is 22.5 Å². The molecule has 0 fully saturated rings. The molecule has 0 radical (unpaired) electrons. The molecular formula is C12H16N4O2. The fourth-order valence-corrected chi connectivity index (χ4v) is 2.01. The highest BCUT2D eigenvalue weighted by molar-refractivity contribution is 5.70. The number of esters is 1. The molecule has 0 saturated heterocycles. The van der Waals surface area contributed by atoms with Crippen molar-refractivity contribution >= 4 is 11.6 Å². The molecule has 96 valence electrons. The van der Waals surface area contributed by atoms with Crippen LogP contribution in [-0.4, -0.2) is 32.4 Å². The highest BCUT2D eigenvalue weighted by atomic mass is 16.5. The lowest BCUT2D eigenvalue weighted by Gasteiger charge is -2.09. The lowest BCUT2D eigenvalue weighted by molar-refractivity contribution is -0.143. The summed E-state index contributed by atoms with van der Waals surface area (Å²) in [5, 5.41) is 12.2. The third kappa shape index (κ3) is 2.32. The van der Waals surface area contributed by atoms with Gasteiger partial charge in [-0.1, -0.05) is 0 Å². The Balaban J connectivity index is 2.24. The van der Waals surface area contributed by atoms with Crippen LogP contribution in [0.5, 0.6) is 0 Å². The van der Waals surface area contributed by atoms with Crippen molar-refractivity contribution < 1.29 is 9.53 Å². The number of carbonyl (C=O) groups excluding carboxylic acids is 1. The van der Waals surface area contributed by atoms with E-state index in [-0.39, 0.29) is 5.97 Å². The van der Waals surface area contributed by atoms with E-state index in [2.05, 4.69) is 15.3 Å². The van der Waals surface area contributed by atoms with E-state index in [1.54, 1.807) is 17.8 Å². The molecule has 2 heterocycles. The minimum absolute atomic E-state index is 0.183. The summed E-state index contributed by atoms with van der Waals surface area (Å²) < 4.78 is 6.57. The molecule has 0 bridgehead atoms. The van der Waals surface area contributed by atoms with Crippen LogP contribution in [0.25, 0.3) is 5.65 Å². The highest BCUT2D eigenvalue weighted by Crippen LogP contribution is 2.17. The quantitative estimate of drug-likeness (QED) is 0.761. The molecule has 0 atom stereocenters. The number of hydrogen-bond donors (Lipinski definition) is 0. The van der Waals surface area contributed by atoms with Crippen LogP contribution < -0.4 is 0 Å². The molecule has 0 spiro atoms. The van der Waals surface area contributed by atoms with Crippen LogP contribution in [-0.2, 0) is 16.0 Å². The summed E-state index contributed by atoms with van der Waals surface area (Å²) in [4.78, 5) is 11.4. The predicted molar refractivity (Wildman–Crippen MR) is 65.2 cm³/mol. The first kappa shape index (κ1) is 12.5. The number of carbonyl (C=O) groups is 1. The smallest absolute Gasteiger partial charge is 0.306 e. The zero-order chi connectivity index (χ0) is 13.1. The number of hydrogen-bond acceptors (Lipinski definition) is 5. The van der Waals surface area contributed by atoms with Crippen LogP contribution in [0.15, 0.2) is 6.33 Å². The summed E-state index contributed by atoms with van der Waals surface area (Å²) in [7, 11) is 0. The third-order valence-corrected chi connectivity index (χ3v) is 2.90. The average Bonchev–Trinajstić information content (AvgIpc) is 2.77. The van der Waals surface area contributed by atoms with Crippen LogP contribution in [0.3, 0.4) is 0 Å². The fourth-order valence-electron chi connectivity index (χ4n) is 2.01. The van der Waals surface area contributed by atoms with E-state index in [9.17, 15) is 4.79 Å². The molecular weight excluding hydrogens is 232 g/mol.